The van der Waals surface area contributed by atoms with Gasteiger partial charge >= 0.3 is 11.9 Å². The van der Waals surface area contributed by atoms with Gasteiger partial charge in [0.2, 0.25) is 0 Å². The van der Waals surface area contributed by atoms with Crippen LogP contribution in [0.5, 0.6) is 0 Å². The van der Waals surface area contributed by atoms with E-state index in [0.29, 0.717) is 17.1 Å². The number of ether oxygens (including phenoxy) is 2. The van der Waals surface area contributed by atoms with Gasteiger partial charge in [-0.3, -0.25) is 9.59 Å². The minimum Gasteiger partial charge on any atom is -0.461 e. The summed E-state index contributed by atoms with van der Waals surface area (Å²) < 4.78 is 11.6. The normalized spacial score (nSPS) is 37.1. The Morgan fingerprint density at radius 3 is 2.63 bits per heavy atom. The third-order valence-corrected chi connectivity index (χ3v) is 9.75. The van der Waals surface area contributed by atoms with Gasteiger partial charge in [0, 0.05) is 25.3 Å². The molecule has 0 aromatic rings. The molecule has 1 unspecified atom stereocenters. The van der Waals surface area contributed by atoms with Crippen LogP contribution in [0.15, 0.2) is 47.6 Å². The number of Topliss-reactive ketones (excluding diaryl/α,β-unsaturated/α-hetero) is 1. The van der Waals surface area contributed by atoms with Crippen molar-refractivity contribution < 1.29 is 29.0 Å². The van der Waals surface area contributed by atoms with Crippen LogP contribution in [-0.4, -0.2) is 41.1 Å². The predicted octanol–water partition coefficient (Wildman–Crippen LogP) is 5.66. The average molecular weight is 525 g/mol. The highest BCUT2D eigenvalue weighted by atomic mass is 16.6. The largest absolute Gasteiger partial charge is 0.461 e. The van der Waals surface area contributed by atoms with Crippen molar-refractivity contribution in [3.63, 3.8) is 0 Å². The van der Waals surface area contributed by atoms with Crippen LogP contribution >= 0.6 is 0 Å². The van der Waals surface area contributed by atoms with Crippen molar-refractivity contribution in [3.05, 3.63) is 47.6 Å². The van der Waals surface area contributed by atoms with E-state index in [2.05, 4.69) is 27.7 Å². The minimum absolute atomic E-state index is 0.00277. The Morgan fingerprint density at radius 2 is 1.95 bits per heavy atom. The quantitative estimate of drug-likeness (QED) is 0.138. The minimum atomic E-state index is -1.50. The van der Waals surface area contributed by atoms with E-state index in [1.54, 1.807) is 13.0 Å². The molecule has 4 aliphatic rings. The van der Waals surface area contributed by atoms with E-state index < -0.39 is 29.1 Å². The number of esters is 2. The van der Waals surface area contributed by atoms with E-state index in [0.717, 1.165) is 25.7 Å². The molecular formula is C32H44O6. The Labute approximate surface area is 227 Å². The second-order valence-corrected chi connectivity index (χ2v) is 12.5. The third-order valence-electron chi connectivity index (χ3n) is 9.75. The Bertz CT molecular complexity index is 1090. The van der Waals surface area contributed by atoms with Crippen molar-refractivity contribution >= 4 is 17.7 Å². The Kier molecular flexibility index (Phi) is 7.96. The molecule has 6 heteroatoms. The van der Waals surface area contributed by atoms with Gasteiger partial charge in [0.05, 0.1) is 5.41 Å². The van der Waals surface area contributed by atoms with E-state index in [-0.39, 0.29) is 42.0 Å². The summed E-state index contributed by atoms with van der Waals surface area (Å²) in [6, 6.07) is 0. The summed E-state index contributed by atoms with van der Waals surface area (Å²) in [5.74, 6) is -1.02. The van der Waals surface area contributed by atoms with Gasteiger partial charge in [-0.15, -0.1) is 0 Å². The van der Waals surface area contributed by atoms with E-state index in [1.165, 1.54) is 19.4 Å². The Morgan fingerprint density at radius 1 is 1.21 bits per heavy atom. The Balaban J connectivity index is 1.72. The van der Waals surface area contributed by atoms with Gasteiger partial charge in [0.1, 0.15) is 12.7 Å². The highest BCUT2D eigenvalue weighted by Gasteiger charge is 2.75. The predicted molar refractivity (Wildman–Crippen MR) is 146 cm³/mol. The molecule has 2 fully saturated rings. The van der Waals surface area contributed by atoms with E-state index >= 15 is 0 Å². The Hall–Kier alpha value is -2.47. The zero-order valence-electron chi connectivity index (χ0n) is 23.8. The van der Waals surface area contributed by atoms with Crippen LogP contribution in [0.3, 0.4) is 0 Å². The fourth-order valence-corrected chi connectivity index (χ4v) is 7.77. The van der Waals surface area contributed by atoms with Crippen molar-refractivity contribution in [2.24, 2.45) is 34.5 Å². The SMILES string of the molecule is CCCCC/C=C\C=C\C(=O)O[C@]12CC(COC(C)=O)=CC3C(=O)[C@]1(C=C(C)[C@@H]2O)[C@H](C)C[C@@H]1[C@H]3C1(C)C. The molecule has 208 valence electrons. The molecule has 0 saturated heterocycles. The van der Waals surface area contributed by atoms with E-state index in [1.807, 2.05) is 24.3 Å². The topological polar surface area (TPSA) is 89.9 Å². The summed E-state index contributed by atoms with van der Waals surface area (Å²) in [7, 11) is 0. The van der Waals surface area contributed by atoms with Crippen LogP contribution in [0.4, 0.5) is 0 Å². The lowest BCUT2D eigenvalue weighted by molar-refractivity contribution is -0.190. The average Bonchev–Trinajstić information content (AvgIpc) is 3.36. The number of rotatable bonds is 9. The first kappa shape index (κ1) is 28.5. The highest BCUT2D eigenvalue weighted by Crippen LogP contribution is 2.72. The van der Waals surface area contributed by atoms with Crippen molar-refractivity contribution in [1.29, 1.82) is 0 Å². The maximum atomic E-state index is 14.6. The summed E-state index contributed by atoms with van der Waals surface area (Å²) >= 11 is 0. The number of aliphatic hydroxyl groups is 1. The van der Waals surface area contributed by atoms with Gasteiger partial charge in [0.15, 0.2) is 11.4 Å². The lowest BCUT2D eigenvalue weighted by atomic mass is 9.59. The number of fused-ring (bicyclic) bond motifs is 3. The van der Waals surface area contributed by atoms with Crippen LogP contribution < -0.4 is 0 Å². The van der Waals surface area contributed by atoms with Crippen molar-refractivity contribution in [1.82, 2.24) is 0 Å². The fourth-order valence-electron chi connectivity index (χ4n) is 7.77. The maximum absolute atomic E-state index is 14.6. The second-order valence-electron chi connectivity index (χ2n) is 12.5. The summed E-state index contributed by atoms with van der Waals surface area (Å²) in [6.45, 7) is 11.8. The van der Waals surface area contributed by atoms with Crippen molar-refractivity contribution in [2.75, 3.05) is 6.61 Å². The first-order valence-corrected chi connectivity index (χ1v) is 14.2. The molecule has 2 bridgehead atoms. The monoisotopic (exact) mass is 524 g/mol. The molecule has 0 radical (unpaired) electrons. The molecule has 4 rings (SSSR count). The molecule has 4 aliphatic carbocycles. The van der Waals surface area contributed by atoms with Crippen LogP contribution in [0, 0.1) is 34.5 Å². The molecular weight excluding hydrogens is 480 g/mol. The molecule has 0 heterocycles. The molecule has 0 aliphatic heterocycles. The van der Waals surface area contributed by atoms with Gasteiger partial charge in [-0.05, 0) is 60.5 Å². The molecule has 0 aromatic carbocycles. The second kappa shape index (κ2) is 10.6. The van der Waals surface area contributed by atoms with Crippen LogP contribution in [0.2, 0.25) is 0 Å². The van der Waals surface area contributed by atoms with E-state index in [4.69, 9.17) is 9.47 Å². The third kappa shape index (κ3) is 4.63. The van der Waals surface area contributed by atoms with Gasteiger partial charge in [-0.1, -0.05) is 70.9 Å². The summed E-state index contributed by atoms with van der Waals surface area (Å²) in [6.07, 6.45) is 14.9. The van der Waals surface area contributed by atoms with E-state index in [9.17, 15) is 19.5 Å². The maximum Gasteiger partial charge on any atom is 0.331 e. The number of carbonyl (C=O) groups is 3. The first-order chi connectivity index (χ1) is 17.9. The number of allylic oxidation sites excluding steroid dienone is 4. The van der Waals surface area contributed by atoms with Gasteiger partial charge in [0.25, 0.3) is 0 Å². The number of ketones is 1. The number of aliphatic hydroxyl groups excluding tert-OH is 1. The molecule has 1 spiro atoms. The van der Waals surface area contributed by atoms with Gasteiger partial charge in [-0.25, -0.2) is 4.79 Å². The van der Waals surface area contributed by atoms with Gasteiger partial charge in [-0.2, -0.15) is 0 Å². The molecule has 1 N–H and O–H groups in total. The lowest BCUT2D eigenvalue weighted by Crippen LogP contribution is -2.61. The molecule has 0 aromatic heterocycles. The first-order valence-electron chi connectivity index (χ1n) is 14.2. The summed E-state index contributed by atoms with van der Waals surface area (Å²) in [5.41, 5.74) is -1.28. The van der Waals surface area contributed by atoms with Crippen LogP contribution in [-0.2, 0) is 23.9 Å². The molecule has 0 amide bonds. The number of hydrogen-bond acceptors (Lipinski definition) is 6. The smallest absolute Gasteiger partial charge is 0.331 e. The summed E-state index contributed by atoms with van der Waals surface area (Å²) in [5, 5.41) is 11.6. The van der Waals surface area contributed by atoms with Crippen molar-refractivity contribution in [2.45, 2.75) is 91.8 Å². The van der Waals surface area contributed by atoms with Crippen molar-refractivity contribution in [3.8, 4) is 0 Å². The molecule has 2 saturated carbocycles. The zero-order chi connectivity index (χ0) is 27.9. The molecule has 7 atom stereocenters. The van der Waals surface area contributed by atoms with Crippen LogP contribution in [0.25, 0.3) is 0 Å². The lowest BCUT2D eigenvalue weighted by Gasteiger charge is -2.48. The molecule has 38 heavy (non-hydrogen) atoms. The fraction of sp³-hybridized carbons (Fsp3) is 0.656. The number of hydrogen-bond donors (Lipinski definition) is 1. The van der Waals surface area contributed by atoms with Gasteiger partial charge < -0.3 is 14.6 Å². The molecule has 6 nitrogen and oxygen atoms in total. The number of carbonyl (C=O) groups excluding carboxylic acids is 3. The number of unbranched alkanes of at least 4 members (excludes halogenated alkanes) is 3. The summed E-state index contributed by atoms with van der Waals surface area (Å²) in [4.78, 5) is 39.6. The zero-order valence-corrected chi connectivity index (χ0v) is 23.8. The standard InChI is InChI=1S/C32H44O6/c1-7-8-9-10-11-12-13-14-26(34)38-32-18-23(19-37-22(4)33)16-24-27-25(30(27,5)6)15-21(3)31(32,29(24)36)17-20(2)28(32)35/h11-14,16-17,21,24-25,27-28,35H,7-10,15,18-19H2,1-6H3/b12-11-,14-13+/t21-,24?,25-,27+,28+,31+,32+/m1/s1. The highest BCUT2D eigenvalue weighted by molar-refractivity contribution is 5.96. The van der Waals surface area contributed by atoms with Crippen LogP contribution in [0.1, 0.15) is 80.1 Å².